The first-order valence-corrected chi connectivity index (χ1v) is 10.5. The molecule has 0 aliphatic carbocycles. The van der Waals surface area contributed by atoms with Crippen LogP contribution in [0.5, 0.6) is 0 Å². The molecule has 164 valence electrons. The van der Waals surface area contributed by atoms with Crippen molar-refractivity contribution in [3.8, 4) is 11.3 Å². The number of carbonyl (C=O) groups excluding carboxylic acids is 1. The Balaban J connectivity index is 1.70. The highest BCUT2D eigenvalue weighted by molar-refractivity contribution is 7.16. The van der Waals surface area contributed by atoms with Crippen LogP contribution in [0, 0.1) is 6.92 Å². The maximum absolute atomic E-state index is 13.2. The van der Waals surface area contributed by atoms with Crippen LogP contribution in [0.4, 0.5) is 13.2 Å². The molecule has 1 amide bonds. The Hall–Kier alpha value is -3.53. The molecule has 6 nitrogen and oxygen atoms in total. The number of halogens is 3. The van der Waals surface area contributed by atoms with E-state index in [-0.39, 0.29) is 11.0 Å². The highest BCUT2D eigenvalue weighted by Crippen LogP contribution is 2.36. The van der Waals surface area contributed by atoms with Crippen LogP contribution in [0.2, 0.25) is 0 Å². The molecule has 0 saturated heterocycles. The molecule has 10 heteroatoms. The van der Waals surface area contributed by atoms with E-state index >= 15 is 0 Å². The minimum Gasteiger partial charge on any atom is -0.344 e. The third-order valence-corrected chi connectivity index (χ3v) is 5.72. The molecule has 0 fully saturated rings. The molecule has 0 saturated carbocycles. The van der Waals surface area contributed by atoms with Crippen molar-refractivity contribution < 1.29 is 18.0 Å². The molecule has 1 N–H and O–H groups in total. The summed E-state index contributed by atoms with van der Waals surface area (Å²) in [5.41, 5.74) is 3.09. The van der Waals surface area contributed by atoms with Gasteiger partial charge in [-0.15, -0.1) is 5.10 Å². The van der Waals surface area contributed by atoms with Crippen molar-refractivity contribution in [2.24, 2.45) is 0 Å². The molecule has 4 rings (SSSR count). The molecule has 1 atom stereocenters. The molecule has 1 aromatic carbocycles. The van der Waals surface area contributed by atoms with Gasteiger partial charge in [-0.1, -0.05) is 41.7 Å². The fourth-order valence-electron chi connectivity index (χ4n) is 3.19. The molecule has 3 aromatic heterocycles. The summed E-state index contributed by atoms with van der Waals surface area (Å²) in [4.78, 5) is 21.2. The van der Waals surface area contributed by atoms with Crippen LogP contribution in [-0.4, -0.2) is 25.5 Å². The summed E-state index contributed by atoms with van der Waals surface area (Å²) in [5.74, 6) is -0.417. The van der Waals surface area contributed by atoms with E-state index in [0.717, 1.165) is 15.6 Å². The molecule has 1 unspecified atom stereocenters. The van der Waals surface area contributed by atoms with E-state index < -0.39 is 17.1 Å². The number of benzene rings is 1. The van der Waals surface area contributed by atoms with Gasteiger partial charge in [0.05, 0.1) is 23.1 Å². The number of rotatable bonds is 5. The molecule has 0 aliphatic rings. The Bertz CT molecular complexity index is 1290. The lowest BCUT2D eigenvalue weighted by molar-refractivity contribution is -0.138. The van der Waals surface area contributed by atoms with E-state index in [0.29, 0.717) is 28.4 Å². The summed E-state index contributed by atoms with van der Waals surface area (Å²) >= 11 is 0.455. The van der Waals surface area contributed by atoms with Crippen LogP contribution in [0.1, 0.15) is 34.9 Å². The van der Waals surface area contributed by atoms with Crippen molar-refractivity contribution in [3.05, 3.63) is 76.7 Å². The lowest BCUT2D eigenvalue weighted by Gasteiger charge is -2.11. The molecule has 0 aliphatic heterocycles. The van der Waals surface area contributed by atoms with Crippen LogP contribution >= 0.6 is 11.3 Å². The number of amides is 1. The van der Waals surface area contributed by atoms with Crippen LogP contribution < -0.4 is 5.32 Å². The van der Waals surface area contributed by atoms with Crippen molar-refractivity contribution >= 4 is 28.3 Å². The van der Waals surface area contributed by atoms with Crippen LogP contribution in [0.15, 0.2) is 54.7 Å². The Morgan fingerprint density at radius 1 is 1.19 bits per heavy atom. The van der Waals surface area contributed by atoms with Gasteiger partial charge in [-0.2, -0.15) is 13.2 Å². The zero-order chi connectivity index (χ0) is 22.9. The SMILES string of the molecule is Cc1ccccc1-c1nc2sc(C(F)(F)F)nn2c1/C=C/C(=O)NC(C)c1ccccn1. The van der Waals surface area contributed by atoms with E-state index in [9.17, 15) is 18.0 Å². The standard InChI is InChI=1S/C22H18F3N5OS/c1-13-7-3-4-8-15(13)19-17(30-21(28-19)32-20(29-30)22(23,24)25)10-11-18(31)27-14(2)16-9-5-6-12-26-16/h3-12,14H,1-2H3,(H,27,31)/b11-10+. The Kier molecular flexibility index (Phi) is 5.79. The van der Waals surface area contributed by atoms with Gasteiger partial charge in [0.2, 0.25) is 15.9 Å². The fraction of sp³-hybridized carbons (Fsp3) is 0.182. The van der Waals surface area contributed by atoms with E-state index in [1.807, 2.05) is 37.3 Å². The maximum atomic E-state index is 13.2. The zero-order valence-electron chi connectivity index (χ0n) is 17.1. The van der Waals surface area contributed by atoms with Gasteiger partial charge in [-0.25, -0.2) is 9.50 Å². The number of nitrogens with one attached hydrogen (secondary N) is 1. The lowest BCUT2D eigenvalue weighted by Crippen LogP contribution is -2.25. The summed E-state index contributed by atoms with van der Waals surface area (Å²) in [6.07, 6.45) is -0.254. The van der Waals surface area contributed by atoms with Crippen molar-refractivity contribution in [2.75, 3.05) is 0 Å². The maximum Gasteiger partial charge on any atom is 0.445 e. The Labute approximate surface area is 185 Å². The van der Waals surface area contributed by atoms with Gasteiger partial charge in [-0.05, 0) is 37.6 Å². The highest BCUT2D eigenvalue weighted by atomic mass is 32.1. The van der Waals surface area contributed by atoms with Crippen LogP contribution in [0.3, 0.4) is 0 Å². The first-order chi connectivity index (χ1) is 15.2. The number of aromatic nitrogens is 4. The second kappa shape index (κ2) is 8.54. The van der Waals surface area contributed by atoms with Gasteiger partial charge >= 0.3 is 6.18 Å². The molecule has 32 heavy (non-hydrogen) atoms. The molecular formula is C22H18F3N5OS. The van der Waals surface area contributed by atoms with Crippen LogP contribution in [-0.2, 0) is 11.0 Å². The average Bonchev–Trinajstić information content (AvgIpc) is 3.32. The summed E-state index contributed by atoms with van der Waals surface area (Å²) in [6.45, 7) is 3.67. The zero-order valence-corrected chi connectivity index (χ0v) is 17.9. The Morgan fingerprint density at radius 2 is 1.94 bits per heavy atom. The first kappa shape index (κ1) is 21.7. The predicted octanol–water partition coefficient (Wildman–Crippen LogP) is 5.07. The topological polar surface area (TPSA) is 72.2 Å². The minimum atomic E-state index is -4.58. The van der Waals surface area contributed by atoms with E-state index in [4.69, 9.17) is 0 Å². The number of hydrogen-bond acceptors (Lipinski definition) is 5. The van der Waals surface area contributed by atoms with Crippen LogP contribution in [0.25, 0.3) is 22.3 Å². The third-order valence-electron chi connectivity index (χ3n) is 4.76. The van der Waals surface area contributed by atoms with Gasteiger partial charge in [0.25, 0.3) is 0 Å². The molecule has 0 spiro atoms. The fourth-order valence-corrected chi connectivity index (χ4v) is 3.96. The number of carbonyl (C=O) groups is 1. The second-order valence-electron chi connectivity index (χ2n) is 7.08. The third kappa shape index (κ3) is 4.40. The van der Waals surface area contributed by atoms with Crippen molar-refractivity contribution in [3.63, 3.8) is 0 Å². The normalized spacial score (nSPS) is 13.0. The summed E-state index contributed by atoms with van der Waals surface area (Å²) < 4.78 is 40.6. The predicted molar refractivity (Wildman–Crippen MR) is 116 cm³/mol. The van der Waals surface area contributed by atoms with E-state index in [1.54, 1.807) is 25.3 Å². The highest BCUT2D eigenvalue weighted by Gasteiger charge is 2.36. The van der Waals surface area contributed by atoms with Crippen molar-refractivity contribution in [1.29, 1.82) is 0 Å². The molecule has 3 heterocycles. The van der Waals surface area contributed by atoms with Crippen molar-refractivity contribution in [2.45, 2.75) is 26.1 Å². The molecule has 4 aromatic rings. The number of aryl methyl sites for hydroxylation is 1. The molecular weight excluding hydrogens is 439 g/mol. The van der Waals surface area contributed by atoms with Gasteiger partial charge in [0.15, 0.2) is 0 Å². The van der Waals surface area contributed by atoms with Gasteiger partial charge in [0.1, 0.15) is 0 Å². The summed E-state index contributed by atoms with van der Waals surface area (Å²) in [7, 11) is 0. The largest absolute Gasteiger partial charge is 0.445 e. The van der Waals surface area contributed by atoms with Crippen molar-refractivity contribution in [1.82, 2.24) is 24.9 Å². The Morgan fingerprint density at radius 3 is 2.62 bits per heavy atom. The number of alkyl halides is 3. The molecule has 0 radical (unpaired) electrons. The lowest BCUT2D eigenvalue weighted by atomic mass is 10.0. The number of hydrogen-bond donors (Lipinski definition) is 1. The summed E-state index contributed by atoms with van der Waals surface area (Å²) in [5, 5.41) is 5.49. The van der Waals surface area contributed by atoms with E-state index in [1.165, 1.54) is 12.2 Å². The second-order valence-corrected chi connectivity index (χ2v) is 8.03. The smallest absolute Gasteiger partial charge is 0.344 e. The van der Waals surface area contributed by atoms with Gasteiger partial charge < -0.3 is 5.32 Å². The van der Waals surface area contributed by atoms with E-state index in [2.05, 4.69) is 20.4 Å². The monoisotopic (exact) mass is 457 g/mol. The van der Waals surface area contributed by atoms with Gasteiger partial charge in [0, 0.05) is 17.8 Å². The average molecular weight is 457 g/mol. The number of fused-ring (bicyclic) bond motifs is 1. The number of pyridine rings is 1. The first-order valence-electron chi connectivity index (χ1n) is 9.66. The number of imidazole rings is 1. The molecule has 0 bridgehead atoms. The minimum absolute atomic E-state index is 0.0949. The van der Waals surface area contributed by atoms with Gasteiger partial charge in [-0.3, -0.25) is 9.78 Å². The number of nitrogens with zero attached hydrogens (tertiary/aromatic N) is 4. The summed E-state index contributed by atoms with van der Waals surface area (Å²) in [6, 6.07) is 12.4. The quantitative estimate of drug-likeness (QED) is 0.425.